The molecule has 0 aliphatic heterocycles. The molecule has 0 bridgehead atoms. The summed E-state index contributed by atoms with van der Waals surface area (Å²) in [5.74, 6) is -0.381. The summed E-state index contributed by atoms with van der Waals surface area (Å²) in [6.07, 6.45) is 3.29. The van der Waals surface area contributed by atoms with E-state index in [-0.39, 0.29) is 23.5 Å². The maximum Gasteiger partial charge on any atom is 0.236 e. The van der Waals surface area contributed by atoms with Gasteiger partial charge in [-0.2, -0.15) is 0 Å². The minimum atomic E-state index is -3.10. The van der Waals surface area contributed by atoms with Gasteiger partial charge < -0.3 is 11.1 Å². The predicted molar refractivity (Wildman–Crippen MR) is 87.7 cm³/mol. The Morgan fingerprint density at radius 1 is 1.36 bits per heavy atom. The first-order chi connectivity index (χ1) is 10.2. The number of carbonyl (C=O) groups is 1. The molecule has 1 fully saturated rings. The first-order valence-corrected chi connectivity index (χ1v) is 9.63. The van der Waals surface area contributed by atoms with Crippen LogP contribution in [0.2, 0.25) is 5.02 Å². The third-order valence-corrected chi connectivity index (χ3v) is 5.28. The average molecular weight is 345 g/mol. The maximum absolute atomic E-state index is 12.0. The van der Waals surface area contributed by atoms with Gasteiger partial charge in [-0.1, -0.05) is 23.7 Å². The zero-order valence-corrected chi connectivity index (χ0v) is 14.1. The summed E-state index contributed by atoms with van der Waals surface area (Å²) in [5, 5.41) is 3.53. The summed E-state index contributed by atoms with van der Waals surface area (Å²) < 4.78 is 22.2. The van der Waals surface area contributed by atoms with E-state index in [1.165, 1.54) is 0 Å². The van der Waals surface area contributed by atoms with E-state index in [0.29, 0.717) is 11.6 Å². The van der Waals surface area contributed by atoms with E-state index in [1.807, 2.05) is 24.3 Å². The number of hydrogen-bond donors (Lipinski definition) is 2. The van der Waals surface area contributed by atoms with Crippen LogP contribution in [0.5, 0.6) is 0 Å². The second-order valence-corrected chi connectivity index (χ2v) is 8.73. The highest BCUT2D eigenvalue weighted by Gasteiger charge is 2.44. The fourth-order valence-corrected chi connectivity index (χ4v) is 3.19. The molecule has 1 aliphatic carbocycles. The van der Waals surface area contributed by atoms with E-state index in [0.717, 1.165) is 24.7 Å². The Balaban J connectivity index is 1.87. The lowest BCUT2D eigenvalue weighted by atomic mass is 9.96. The fourth-order valence-electron chi connectivity index (χ4n) is 2.38. The summed E-state index contributed by atoms with van der Waals surface area (Å²) >= 11 is 5.89. The van der Waals surface area contributed by atoms with Gasteiger partial charge in [0, 0.05) is 23.2 Å². The SMILES string of the molecule is CS(=O)(=O)CCC(N)C(=O)NCC1(c2ccc(Cl)cc2)CC1. The van der Waals surface area contributed by atoms with Gasteiger partial charge in [-0.3, -0.25) is 4.79 Å². The van der Waals surface area contributed by atoms with E-state index < -0.39 is 15.9 Å². The number of halogens is 1. The van der Waals surface area contributed by atoms with Gasteiger partial charge in [-0.05, 0) is 37.0 Å². The van der Waals surface area contributed by atoms with E-state index in [9.17, 15) is 13.2 Å². The molecule has 1 unspecified atom stereocenters. The van der Waals surface area contributed by atoms with Crippen LogP contribution in [0.15, 0.2) is 24.3 Å². The molecule has 0 saturated heterocycles. The Bertz CT molecular complexity index is 639. The number of benzene rings is 1. The molecule has 7 heteroatoms. The number of nitrogens with two attached hydrogens (primary N) is 1. The van der Waals surface area contributed by atoms with E-state index in [4.69, 9.17) is 17.3 Å². The number of amides is 1. The Hall–Kier alpha value is -1.11. The van der Waals surface area contributed by atoms with Gasteiger partial charge in [0.15, 0.2) is 0 Å². The summed E-state index contributed by atoms with van der Waals surface area (Å²) in [4.78, 5) is 12.0. The van der Waals surface area contributed by atoms with Crippen molar-refractivity contribution in [2.45, 2.75) is 30.7 Å². The molecule has 1 saturated carbocycles. The smallest absolute Gasteiger partial charge is 0.236 e. The quantitative estimate of drug-likeness (QED) is 0.779. The number of rotatable bonds is 7. The molecule has 1 amide bonds. The number of carbonyl (C=O) groups excluding carboxylic acids is 1. The van der Waals surface area contributed by atoms with E-state index in [1.54, 1.807) is 0 Å². The zero-order valence-electron chi connectivity index (χ0n) is 12.5. The molecule has 5 nitrogen and oxygen atoms in total. The number of hydrogen-bond acceptors (Lipinski definition) is 4. The van der Waals surface area contributed by atoms with Crippen LogP contribution in [0.25, 0.3) is 0 Å². The first-order valence-electron chi connectivity index (χ1n) is 7.19. The molecular weight excluding hydrogens is 324 g/mol. The lowest BCUT2D eigenvalue weighted by Gasteiger charge is -2.18. The Kier molecular flexibility index (Phi) is 5.14. The van der Waals surface area contributed by atoms with Crippen LogP contribution in [0, 0.1) is 0 Å². The predicted octanol–water partition coefficient (Wildman–Crippen LogP) is 1.25. The van der Waals surface area contributed by atoms with Crippen molar-refractivity contribution in [2.24, 2.45) is 5.73 Å². The molecule has 2 rings (SSSR count). The van der Waals surface area contributed by atoms with Gasteiger partial charge in [0.25, 0.3) is 0 Å². The molecule has 22 heavy (non-hydrogen) atoms. The molecule has 1 aliphatic rings. The molecule has 3 N–H and O–H groups in total. The topological polar surface area (TPSA) is 89.3 Å². The highest BCUT2D eigenvalue weighted by atomic mass is 35.5. The van der Waals surface area contributed by atoms with E-state index >= 15 is 0 Å². The molecular formula is C15H21ClN2O3S. The standard InChI is InChI=1S/C15H21ClN2O3S/c1-22(20,21)9-6-13(17)14(19)18-10-15(7-8-15)11-2-4-12(16)5-3-11/h2-5,13H,6-10,17H2,1H3,(H,18,19). The van der Waals surface area contributed by atoms with Crippen molar-refractivity contribution < 1.29 is 13.2 Å². The van der Waals surface area contributed by atoms with Gasteiger partial charge in [0.1, 0.15) is 9.84 Å². The molecule has 0 radical (unpaired) electrons. The second-order valence-electron chi connectivity index (χ2n) is 6.03. The third-order valence-electron chi connectivity index (χ3n) is 4.05. The Labute approximate surface area is 136 Å². The Morgan fingerprint density at radius 3 is 2.45 bits per heavy atom. The van der Waals surface area contributed by atoms with Crippen LogP contribution in [0.1, 0.15) is 24.8 Å². The van der Waals surface area contributed by atoms with Gasteiger partial charge in [-0.25, -0.2) is 8.42 Å². The van der Waals surface area contributed by atoms with Gasteiger partial charge in [-0.15, -0.1) is 0 Å². The largest absolute Gasteiger partial charge is 0.354 e. The van der Waals surface area contributed by atoms with Crippen LogP contribution in [0.4, 0.5) is 0 Å². The molecule has 0 spiro atoms. The molecule has 1 aromatic rings. The second kappa shape index (κ2) is 6.56. The fraction of sp³-hybridized carbons (Fsp3) is 0.533. The summed E-state index contributed by atoms with van der Waals surface area (Å²) in [6.45, 7) is 0.514. The zero-order chi connectivity index (χ0) is 16.4. The van der Waals surface area contributed by atoms with Crippen molar-refractivity contribution in [2.75, 3.05) is 18.6 Å². The van der Waals surface area contributed by atoms with E-state index in [2.05, 4.69) is 5.32 Å². The van der Waals surface area contributed by atoms with Gasteiger partial charge in [0.05, 0.1) is 11.8 Å². The van der Waals surface area contributed by atoms with Crippen LogP contribution in [-0.2, 0) is 20.0 Å². The lowest BCUT2D eigenvalue weighted by molar-refractivity contribution is -0.122. The van der Waals surface area contributed by atoms with Crippen LogP contribution in [-0.4, -0.2) is 38.9 Å². The molecule has 1 atom stereocenters. The average Bonchev–Trinajstić information content (AvgIpc) is 3.23. The number of sulfone groups is 1. The first kappa shape index (κ1) is 17.2. The van der Waals surface area contributed by atoms with Crippen LogP contribution >= 0.6 is 11.6 Å². The van der Waals surface area contributed by atoms with Crippen molar-refractivity contribution in [3.05, 3.63) is 34.9 Å². The van der Waals surface area contributed by atoms with Crippen molar-refractivity contribution in [3.63, 3.8) is 0 Å². The maximum atomic E-state index is 12.0. The minimum Gasteiger partial charge on any atom is -0.354 e. The molecule has 122 valence electrons. The molecule has 1 aromatic carbocycles. The number of nitrogens with one attached hydrogen (secondary N) is 1. The van der Waals surface area contributed by atoms with Crippen molar-refractivity contribution in [1.82, 2.24) is 5.32 Å². The normalized spacial score (nSPS) is 17.8. The minimum absolute atomic E-state index is 0.0310. The molecule has 0 heterocycles. The van der Waals surface area contributed by atoms with Gasteiger partial charge >= 0.3 is 0 Å². The molecule has 0 aromatic heterocycles. The van der Waals surface area contributed by atoms with Crippen LogP contribution < -0.4 is 11.1 Å². The van der Waals surface area contributed by atoms with Crippen molar-refractivity contribution >= 4 is 27.3 Å². The third kappa shape index (κ3) is 4.69. The monoisotopic (exact) mass is 344 g/mol. The van der Waals surface area contributed by atoms with Gasteiger partial charge in [0.2, 0.25) is 5.91 Å². The summed E-state index contributed by atoms with van der Waals surface area (Å²) in [7, 11) is -3.10. The highest BCUT2D eigenvalue weighted by molar-refractivity contribution is 7.90. The Morgan fingerprint density at radius 2 is 1.95 bits per heavy atom. The van der Waals surface area contributed by atoms with Crippen molar-refractivity contribution in [3.8, 4) is 0 Å². The summed E-state index contributed by atoms with van der Waals surface area (Å²) in [5.41, 5.74) is 6.86. The summed E-state index contributed by atoms with van der Waals surface area (Å²) in [6, 6.07) is 6.85. The highest BCUT2D eigenvalue weighted by Crippen LogP contribution is 2.47. The lowest BCUT2D eigenvalue weighted by Crippen LogP contribution is -2.44. The van der Waals surface area contributed by atoms with Crippen LogP contribution in [0.3, 0.4) is 0 Å². The van der Waals surface area contributed by atoms with Crippen molar-refractivity contribution in [1.29, 1.82) is 0 Å².